The first kappa shape index (κ1) is 21.1. The predicted molar refractivity (Wildman–Crippen MR) is 116 cm³/mol. The summed E-state index contributed by atoms with van der Waals surface area (Å²) >= 11 is 0. The molecule has 2 fully saturated rings. The highest BCUT2D eigenvalue weighted by molar-refractivity contribution is 5.79. The lowest BCUT2D eigenvalue weighted by atomic mass is 9.94. The summed E-state index contributed by atoms with van der Waals surface area (Å²) in [7, 11) is 1.85. The summed E-state index contributed by atoms with van der Waals surface area (Å²) in [6, 6.07) is 11.1. The Bertz CT molecular complexity index is 594. The highest BCUT2D eigenvalue weighted by Crippen LogP contribution is 2.31. The molecule has 3 N–H and O–H groups in total. The van der Waals surface area contributed by atoms with Crippen LogP contribution in [-0.2, 0) is 4.74 Å². The zero-order valence-electron chi connectivity index (χ0n) is 17.5. The maximum absolute atomic E-state index is 5.41. The third-order valence-electron chi connectivity index (χ3n) is 6.02. The van der Waals surface area contributed by atoms with E-state index >= 15 is 0 Å². The van der Waals surface area contributed by atoms with E-state index in [-0.39, 0.29) is 5.54 Å². The molecule has 0 spiro atoms. The largest absolute Gasteiger partial charge is 0.379 e. The fourth-order valence-electron chi connectivity index (χ4n) is 4.34. The average molecular weight is 388 g/mol. The number of hydrogen-bond donors (Lipinski definition) is 3. The number of morpholine rings is 1. The Morgan fingerprint density at radius 1 is 1.14 bits per heavy atom. The van der Waals surface area contributed by atoms with Crippen LogP contribution in [0.25, 0.3) is 0 Å². The Kier molecular flexibility index (Phi) is 8.13. The molecule has 1 aromatic rings. The molecule has 3 rings (SSSR count). The molecular formula is C22H37N5O. The van der Waals surface area contributed by atoms with E-state index in [1.165, 1.54) is 31.2 Å². The second-order valence-corrected chi connectivity index (χ2v) is 8.07. The van der Waals surface area contributed by atoms with Gasteiger partial charge >= 0.3 is 0 Å². The summed E-state index contributed by atoms with van der Waals surface area (Å²) in [6.45, 7) is 8.85. The molecule has 1 heterocycles. The molecule has 28 heavy (non-hydrogen) atoms. The zero-order valence-corrected chi connectivity index (χ0v) is 17.5. The second-order valence-electron chi connectivity index (χ2n) is 8.07. The molecule has 0 aromatic heterocycles. The van der Waals surface area contributed by atoms with E-state index in [0.717, 1.165) is 51.9 Å². The van der Waals surface area contributed by atoms with E-state index in [9.17, 15) is 0 Å². The molecule has 1 aliphatic heterocycles. The van der Waals surface area contributed by atoms with Gasteiger partial charge in [-0.15, -0.1) is 0 Å². The van der Waals surface area contributed by atoms with Crippen LogP contribution >= 0.6 is 0 Å². The topological polar surface area (TPSA) is 60.9 Å². The lowest BCUT2D eigenvalue weighted by Crippen LogP contribution is -2.54. The molecule has 156 valence electrons. The van der Waals surface area contributed by atoms with Crippen LogP contribution in [0.15, 0.2) is 35.3 Å². The van der Waals surface area contributed by atoms with E-state index in [0.29, 0.717) is 6.04 Å². The summed E-state index contributed by atoms with van der Waals surface area (Å²) in [5.74, 6) is 0.897. The number of aliphatic imine (C=N–C) groups is 1. The highest BCUT2D eigenvalue weighted by Gasteiger charge is 2.35. The third-order valence-corrected chi connectivity index (χ3v) is 6.02. The van der Waals surface area contributed by atoms with Gasteiger partial charge in [0.1, 0.15) is 0 Å². The monoisotopic (exact) mass is 387 g/mol. The molecule has 1 aliphatic carbocycles. The van der Waals surface area contributed by atoms with E-state index < -0.39 is 0 Å². The van der Waals surface area contributed by atoms with Gasteiger partial charge < -0.3 is 20.7 Å². The Morgan fingerprint density at radius 3 is 2.54 bits per heavy atom. The molecular weight excluding hydrogens is 350 g/mol. The van der Waals surface area contributed by atoms with Gasteiger partial charge in [-0.2, -0.15) is 0 Å². The van der Waals surface area contributed by atoms with Gasteiger partial charge in [0.25, 0.3) is 0 Å². The van der Waals surface area contributed by atoms with Gasteiger partial charge in [-0.1, -0.05) is 43.2 Å². The molecule has 1 unspecified atom stereocenters. The molecule has 0 bridgehead atoms. The summed E-state index contributed by atoms with van der Waals surface area (Å²) in [5, 5.41) is 11.0. The van der Waals surface area contributed by atoms with E-state index in [2.05, 4.69) is 63.1 Å². The van der Waals surface area contributed by atoms with Crippen molar-refractivity contribution in [1.29, 1.82) is 0 Å². The van der Waals surface area contributed by atoms with Gasteiger partial charge in [-0.3, -0.25) is 9.89 Å². The van der Waals surface area contributed by atoms with Crippen LogP contribution < -0.4 is 16.0 Å². The Morgan fingerprint density at radius 2 is 1.86 bits per heavy atom. The molecule has 6 heteroatoms. The maximum atomic E-state index is 5.41. The quantitative estimate of drug-likeness (QED) is 0.471. The van der Waals surface area contributed by atoms with Crippen LogP contribution in [0.4, 0.5) is 0 Å². The summed E-state index contributed by atoms with van der Waals surface area (Å²) in [6.07, 6.45) is 5.00. The molecule has 0 radical (unpaired) electrons. The van der Waals surface area contributed by atoms with Crippen LogP contribution in [0, 0.1) is 0 Å². The average Bonchev–Trinajstić information content (AvgIpc) is 3.20. The minimum absolute atomic E-state index is 0.136. The first-order chi connectivity index (χ1) is 13.7. The van der Waals surface area contributed by atoms with Crippen LogP contribution in [0.1, 0.15) is 44.2 Å². The fourth-order valence-corrected chi connectivity index (χ4v) is 4.34. The molecule has 2 aliphatic rings. The van der Waals surface area contributed by atoms with Crippen molar-refractivity contribution in [1.82, 2.24) is 20.9 Å². The van der Waals surface area contributed by atoms with Crippen molar-refractivity contribution in [3.63, 3.8) is 0 Å². The summed E-state index contributed by atoms with van der Waals surface area (Å²) in [5.41, 5.74) is 1.48. The first-order valence-electron chi connectivity index (χ1n) is 10.8. The van der Waals surface area contributed by atoms with E-state index in [1.807, 2.05) is 7.05 Å². The third kappa shape index (κ3) is 6.19. The normalized spacial score (nSPS) is 21.4. The van der Waals surface area contributed by atoms with E-state index in [4.69, 9.17) is 4.74 Å². The van der Waals surface area contributed by atoms with Crippen LogP contribution in [0.5, 0.6) is 0 Å². The first-order valence-corrected chi connectivity index (χ1v) is 10.8. The second kappa shape index (κ2) is 10.8. The number of guanidine groups is 1. The number of benzene rings is 1. The predicted octanol–water partition coefficient (Wildman–Crippen LogP) is 2.15. The number of hydrogen-bond acceptors (Lipinski definition) is 4. The maximum Gasteiger partial charge on any atom is 0.191 e. The molecule has 1 saturated carbocycles. The lowest BCUT2D eigenvalue weighted by molar-refractivity contribution is 0.0389. The van der Waals surface area contributed by atoms with Crippen LogP contribution in [0.2, 0.25) is 0 Å². The smallest absolute Gasteiger partial charge is 0.191 e. The van der Waals surface area contributed by atoms with Gasteiger partial charge in [0.15, 0.2) is 5.96 Å². The fraction of sp³-hybridized carbons (Fsp3) is 0.682. The number of ether oxygens (including phenoxy) is 1. The molecule has 1 aromatic carbocycles. The number of nitrogens with zero attached hydrogens (tertiary/aromatic N) is 2. The van der Waals surface area contributed by atoms with Gasteiger partial charge in [0.2, 0.25) is 0 Å². The van der Waals surface area contributed by atoms with Crippen LogP contribution in [0.3, 0.4) is 0 Å². The summed E-state index contributed by atoms with van der Waals surface area (Å²) < 4.78 is 5.41. The standard InChI is InChI=1S/C22H37N5O/c1-19(20-8-4-3-5-9-20)26-22(10-6-7-11-22)18-25-21(23-2)24-12-13-27-14-16-28-17-15-27/h3-5,8-9,19,26H,6-7,10-18H2,1-2H3,(H2,23,24,25). The van der Waals surface area contributed by atoms with Gasteiger partial charge in [-0.25, -0.2) is 0 Å². The minimum atomic E-state index is 0.136. The van der Waals surface area contributed by atoms with Crippen molar-refractivity contribution in [3.8, 4) is 0 Å². The van der Waals surface area contributed by atoms with E-state index in [1.54, 1.807) is 0 Å². The number of rotatable bonds is 8. The highest BCUT2D eigenvalue weighted by atomic mass is 16.5. The van der Waals surface area contributed by atoms with Gasteiger partial charge in [-0.05, 0) is 25.3 Å². The van der Waals surface area contributed by atoms with Crippen molar-refractivity contribution in [2.45, 2.75) is 44.2 Å². The Hall–Kier alpha value is -1.63. The van der Waals surface area contributed by atoms with Gasteiger partial charge in [0.05, 0.1) is 13.2 Å². The molecule has 0 amide bonds. The minimum Gasteiger partial charge on any atom is -0.379 e. The Labute approximate surface area is 170 Å². The Balaban J connectivity index is 1.47. The lowest BCUT2D eigenvalue weighted by Gasteiger charge is -2.35. The SMILES string of the molecule is CN=C(NCCN1CCOCC1)NCC1(NC(C)c2ccccc2)CCCC1. The molecule has 1 saturated heterocycles. The molecule has 1 atom stereocenters. The number of nitrogens with one attached hydrogen (secondary N) is 3. The van der Waals surface area contributed by atoms with Crippen molar-refractivity contribution < 1.29 is 4.74 Å². The summed E-state index contributed by atoms with van der Waals surface area (Å²) in [4.78, 5) is 6.86. The molecule has 6 nitrogen and oxygen atoms in total. The van der Waals surface area contributed by atoms with Gasteiger partial charge in [0, 0.05) is 51.4 Å². The zero-order chi connectivity index (χ0) is 19.7. The van der Waals surface area contributed by atoms with Crippen molar-refractivity contribution in [2.75, 3.05) is 53.0 Å². The van der Waals surface area contributed by atoms with Crippen molar-refractivity contribution >= 4 is 5.96 Å². The van der Waals surface area contributed by atoms with Crippen molar-refractivity contribution in [3.05, 3.63) is 35.9 Å². The van der Waals surface area contributed by atoms with Crippen molar-refractivity contribution in [2.24, 2.45) is 4.99 Å². The van der Waals surface area contributed by atoms with Crippen LogP contribution in [-0.4, -0.2) is 69.4 Å².